The molecule has 3 heteroatoms. The molecule has 0 aromatic carbocycles. The van der Waals surface area contributed by atoms with Crippen molar-refractivity contribution in [3.05, 3.63) is 23.7 Å². The van der Waals surface area contributed by atoms with Crippen LogP contribution in [0, 0.1) is 0 Å². The first-order chi connectivity index (χ1) is 7.93. The minimum atomic E-state index is 0.505. The molecule has 0 saturated carbocycles. The summed E-state index contributed by atoms with van der Waals surface area (Å²) < 4.78 is 10.9. The zero-order valence-corrected chi connectivity index (χ0v) is 9.58. The zero-order valence-electron chi connectivity index (χ0n) is 9.58. The van der Waals surface area contributed by atoms with Gasteiger partial charge >= 0.3 is 0 Å². The Balaban J connectivity index is 1.67. The quantitative estimate of drug-likeness (QED) is 0.833. The van der Waals surface area contributed by atoms with Gasteiger partial charge in [0.05, 0.1) is 6.26 Å². The molecule has 1 saturated heterocycles. The number of nitrogens with one attached hydrogen (secondary N) is 1. The molecule has 0 radical (unpaired) electrons. The molecule has 88 valence electrons. The summed E-state index contributed by atoms with van der Waals surface area (Å²) in [5, 5.41) is 3.76. The fourth-order valence-electron chi connectivity index (χ4n) is 2.81. The van der Waals surface area contributed by atoms with E-state index in [4.69, 9.17) is 9.15 Å². The molecule has 16 heavy (non-hydrogen) atoms. The van der Waals surface area contributed by atoms with Crippen molar-refractivity contribution < 1.29 is 9.15 Å². The smallest absolute Gasteiger partial charge is 0.108 e. The summed E-state index contributed by atoms with van der Waals surface area (Å²) in [6, 6.07) is 3.26. The van der Waals surface area contributed by atoms with E-state index >= 15 is 0 Å². The van der Waals surface area contributed by atoms with Gasteiger partial charge in [0.1, 0.15) is 5.76 Å². The molecule has 1 unspecified atom stereocenters. The molecule has 1 aliphatic heterocycles. The standard InChI is InChI=1S/C13H19NO2/c1-2-12(11-6-9-16-13(11)3-1)14-10-4-7-15-8-5-10/h6,9-10,12,14H,1-5,7-8H2. The van der Waals surface area contributed by atoms with Gasteiger partial charge in [0.2, 0.25) is 0 Å². The third kappa shape index (κ3) is 2.02. The second-order valence-corrected chi connectivity index (χ2v) is 4.80. The Morgan fingerprint density at radius 3 is 2.94 bits per heavy atom. The zero-order chi connectivity index (χ0) is 10.8. The molecular weight excluding hydrogens is 202 g/mol. The van der Waals surface area contributed by atoms with Crippen LogP contribution in [0.5, 0.6) is 0 Å². The number of hydrogen-bond donors (Lipinski definition) is 1. The molecule has 1 aliphatic carbocycles. The van der Waals surface area contributed by atoms with Crippen LogP contribution < -0.4 is 5.32 Å². The van der Waals surface area contributed by atoms with Gasteiger partial charge in [-0.3, -0.25) is 0 Å². The first kappa shape index (κ1) is 10.4. The molecule has 1 aromatic heterocycles. The van der Waals surface area contributed by atoms with Gasteiger partial charge in [0.15, 0.2) is 0 Å². The van der Waals surface area contributed by atoms with Crippen LogP contribution in [0.15, 0.2) is 16.7 Å². The Bertz CT molecular complexity index is 341. The van der Waals surface area contributed by atoms with E-state index in [1.807, 2.05) is 6.26 Å². The lowest BCUT2D eigenvalue weighted by atomic mass is 9.92. The minimum Gasteiger partial charge on any atom is -0.469 e. The predicted octanol–water partition coefficient (Wildman–Crippen LogP) is 2.43. The summed E-state index contributed by atoms with van der Waals surface area (Å²) in [5.41, 5.74) is 1.39. The van der Waals surface area contributed by atoms with Crippen LogP contribution in [-0.4, -0.2) is 19.3 Å². The number of fused-ring (bicyclic) bond motifs is 1. The van der Waals surface area contributed by atoms with E-state index in [0.717, 1.165) is 32.5 Å². The number of ether oxygens (including phenoxy) is 1. The Kier molecular flexibility index (Phi) is 2.98. The van der Waals surface area contributed by atoms with Gasteiger partial charge in [-0.2, -0.15) is 0 Å². The van der Waals surface area contributed by atoms with Crippen LogP contribution >= 0.6 is 0 Å². The van der Waals surface area contributed by atoms with E-state index in [1.165, 1.54) is 24.2 Å². The van der Waals surface area contributed by atoms with Gasteiger partial charge in [-0.05, 0) is 31.7 Å². The van der Waals surface area contributed by atoms with E-state index < -0.39 is 0 Å². The highest BCUT2D eigenvalue weighted by Gasteiger charge is 2.25. The second kappa shape index (κ2) is 4.60. The van der Waals surface area contributed by atoms with Gasteiger partial charge in [0.25, 0.3) is 0 Å². The van der Waals surface area contributed by atoms with Crippen LogP contribution in [0.25, 0.3) is 0 Å². The van der Waals surface area contributed by atoms with Crippen LogP contribution in [0.3, 0.4) is 0 Å². The lowest BCUT2D eigenvalue weighted by molar-refractivity contribution is 0.0740. The summed E-state index contributed by atoms with van der Waals surface area (Å²) in [4.78, 5) is 0. The van der Waals surface area contributed by atoms with Crippen molar-refractivity contribution in [2.24, 2.45) is 0 Å². The van der Waals surface area contributed by atoms with Crippen molar-refractivity contribution in [1.29, 1.82) is 0 Å². The highest BCUT2D eigenvalue weighted by atomic mass is 16.5. The molecular formula is C13H19NO2. The first-order valence-corrected chi connectivity index (χ1v) is 6.33. The topological polar surface area (TPSA) is 34.4 Å². The predicted molar refractivity (Wildman–Crippen MR) is 61.4 cm³/mol. The van der Waals surface area contributed by atoms with Crippen molar-refractivity contribution >= 4 is 0 Å². The molecule has 0 spiro atoms. The number of aryl methyl sites for hydroxylation is 1. The highest BCUT2D eigenvalue weighted by molar-refractivity contribution is 5.24. The fourth-order valence-corrected chi connectivity index (χ4v) is 2.81. The minimum absolute atomic E-state index is 0.505. The number of furan rings is 1. The highest BCUT2D eigenvalue weighted by Crippen LogP contribution is 2.31. The third-order valence-corrected chi connectivity index (χ3v) is 3.71. The number of rotatable bonds is 2. The summed E-state index contributed by atoms with van der Waals surface area (Å²) >= 11 is 0. The maximum atomic E-state index is 5.51. The maximum absolute atomic E-state index is 5.51. The van der Waals surface area contributed by atoms with Crippen molar-refractivity contribution in [2.75, 3.05) is 13.2 Å². The molecule has 0 amide bonds. The Labute approximate surface area is 96.2 Å². The van der Waals surface area contributed by atoms with Gasteiger partial charge < -0.3 is 14.5 Å². The molecule has 1 N–H and O–H groups in total. The maximum Gasteiger partial charge on any atom is 0.108 e. The molecule has 2 heterocycles. The largest absolute Gasteiger partial charge is 0.469 e. The Hall–Kier alpha value is -0.800. The summed E-state index contributed by atoms with van der Waals surface area (Å²) in [7, 11) is 0. The van der Waals surface area contributed by atoms with Crippen molar-refractivity contribution in [2.45, 2.75) is 44.2 Å². The van der Waals surface area contributed by atoms with Gasteiger partial charge in [-0.1, -0.05) is 0 Å². The molecule has 1 aromatic rings. The third-order valence-electron chi connectivity index (χ3n) is 3.71. The van der Waals surface area contributed by atoms with E-state index in [-0.39, 0.29) is 0 Å². The molecule has 3 nitrogen and oxygen atoms in total. The molecule has 2 aliphatic rings. The Morgan fingerprint density at radius 2 is 2.06 bits per heavy atom. The lowest BCUT2D eigenvalue weighted by Crippen LogP contribution is -2.38. The van der Waals surface area contributed by atoms with Gasteiger partial charge in [-0.25, -0.2) is 0 Å². The second-order valence-electron chi connectivity index (χ2n) is 4.80. The van der Waals surface area contributed by atoms with E-state index in [1.54, 1.807) is 0 Å². The summed E-state index contributed by atoms with van der Waals surface area (Å²) in [6.45, 7) is 1.81. The lowest BCUT2D eigenvalue weighted by Gasteiger charge is -2.30. The van der Waals surface area contributed by atoms with E-state index in [2.05, 4.69) is 11.4 Å². The molecule has 0 bridgehead atoms. The normalized spacial score (nSPS) is 26.6. The first-order valence-electron chi connectivity index (χ1n) is 6.33. The van der Waals surface area contributed by atoms with Gasteiger partial charge in [0, 0.05) is 37.3 Å². The number of hydrogen-bond acceptors (Lipinski definition) is 3. The average Bonchev–Trinajstić information content (AvgIpc) is 2.80. The molecule has 3 rings (SSSR count). The average molecular weight is 221 g/mol. The van der Waals surface area contributed by atoms with Crippen molar-refractivity contribution in [3.8, 4) is 0 Å². The van der Waals surface area contributed by atoms with Crippen LogP contribution in [-0.2, 0) is 11.2 Å². The van der Waals surface area contributed by atoms with Crippen LogP contribution in [0.1, 0.15) is 43.0 Å². The van der Waals surface area contributed by atoms with Crippen LogP contribution in [0.2, 0.25) is 0 Å². The van der Waals surface area contributed by atoms with Gasteiger partial charge in [-0.15, -0.1) is 0 Å². The Morgan fingerprint density at radius 1 is 1.19 bits per heavy atom. The monoisotopic (exact) mass is 221 g/mol. The van der Waals surface area contributed by atoms with Crippen LogP contribution in [0.4, 0.5) is 0 Å². The summed E-state index contributed by atoms with van der Waals surface area (Å²) in [5.74, 6) is 1.19. The molecule has 1 fully saturated rings. The van der Waals surface area contributed by atoms with E-state index in [0.29, 0.717) is 12.1 Å². The van der Waals surface area contributed by atoms with Crippen molar-refractivity contribution in [1.82, 2.24) is 5.32 Å². The fraction of sp³-hybridized carbons (Fsp3) is 0.692. The van der Waals surface area contributed by atoms with Crippen molar-refractivity contribution in [3.63, 3.8) is 0 Å². The summed E-state index contributed by atoms with van der Waals surface area (Å²) in [6.07, 6.45) is 7.70. The SMILES string of the molecule is c1cc2c(o1)CCCC2NC1CCOCC1. The van der Waals surface area contributed by atoms with E-state index in [9.17, 15) is 0 Å². The molecule has 1 atom stereocenters.